The molecule has 0 bridgehead atoms. The Kier molecular flexibility index (Phi) is 1.69. The van der Waals surface area contributed by atoms with Gasteiger partial charge in [-0.15, -0.1) is 0 Å². The van der Waals surface area contributed by atoms with Crippen molar-refractivity contribution >= 4 is 32.5 Å². The minimum atomic E-state index is 0.521. The molecule has 0 spiro atoms. The van der Waals surface area contributed by atoms with E-state index in [1.54, 1.807) is 12.4 Å². The van der Waals surface area contributed by atoms with Crippen LogP contribution in [0.3, 0.4) is 0 Å². The van der Waals surface area contributed by atoms with Crippen LogP contribution in [0.5, 0.6) is 0 Å². The van der Waals surface area contributed by atoms with Gasteiger partial charge in [0.25, 0.3) is 0 Å². The van der Waals surface area contributed by atoms with Crippen molar-refractivity contribution in [3.05, 3.63) is 29.1 Å². The van der Waals surface area contributed by atoms with Crippen molar-refractivity contribution in [1.82, 2.24) is 9.97 Å². The summed E-state index contributed by atoms with van der Waals surface area (Å²) in [6, 6.07) is 3.81. The van der Waals surface area contributed by atoms with Gasteiger partial charge in [0.15, 0.2) is 0 Å². The van der Waals surface area contributed by atoms with Gasteiger partial charge >= 0.3 is 0 Å². The summed E-state index contributed by atoms with van der Waals surface area (Å²) in [7, 11) is 0. The molecule has 0 radical (unpaired) electrons. The van der Waals surface area contributed by atoms with Crippen LogP contribution in [0.1, 0.15) is 0 Å². The monoisotopic (exact) mass is 223 g/mol. The van der Waals surface area contributed by atoms with Crippen LogP contribution in [0.2, 0.25) is 0 Å². The normalized spacial score (nSPS) is 10.4. The Morgan fingerprint density at radius 3 is 3.00 bits per heavy atom. The van der Waals surface area contributed by atoms with Crippen molar-refractivity contribution in [3.63, 3.8) is 0 Å². The van der Waals surface area contributed by atoms with E-state index >= 15 is 0 Å². The van der Waals surface area contributed by atoms with Crippen LogP contribution in [0.4, 0.5) is 5.82 Å². The Morgan fingerprint density at radius 1 is 1.33 bits per heavy atom. The molecular formula is C8H6BrN3. The lowest BCUT2D eigenvalue weighted by Crippen LogP contribution is -1.91. The molecule has 2 aromatic heterocycles. The van der Waals surface area contributed by atoms with Crippen LogP contribution in [0.25, 0.3) is 10.8 Å². The highest BCUT2D eigenvalue weighted by molar-refractivity contribution is 9.10. The molecule has 4 heteroatoms. The van der Waals surface area contributed by atoms with Gasteiger partial charge in [0.1, 0.15) is 10.4 Å². The molecule has 0 saturated heterocycles. The molecule has 0 aromatic carbocycles. The third-order valence-electron chi connectivity index (χ3n) is 1.65. The molecule has 2 N–H and O–H groups in total. The van der Waals surface area contributed by atoms with E-state index in [2.05, 4.69) is 25.9 Å². The number of nitrogens with zero attached hydrogens (tertiary/aromatic N) is 2. The molecule has 0 fully saturated rings. The van der Waals surface area contributed by atoms with Crippen LogP contribution in [-0.2, 0) is 0 Å². The van der Waals surface area contributed by atoms with Crippen LogP contribution in [0.15, 0.2) is 29.1 Å². The molecule has 0 amide bonds. The number of nitrogens with two attached hydrogens (primary N) is 1. The topological polar surface area (TPSA) is 51.8 Å². The third kappa shape index (κ3) is 1.14. The fraction of sp³-hybridized carbons (Fsp3) is 0. The zero-order valence-electron chi connectivity index (χ0n) is 6.16. The van der Waals surface area contributed by atoms with Gasteiger partial charge in [0, 0.05) is 17.8 Å². The maximum Gasteiger partial charge on any atom is 0.132 e. The second kappa shape index (κ2) is 2.71. The molecule has 0 aliphatic rings. The predicted octanol–water partition coefficient (Wildman–Crippen LogP) is 1.97. The lowest BCUT2D eigenvalue weighted by Gasteiger charge is -1.99. The lowest BCUT2D eigenvalue weighted by atomic mass is 10.2. The van der Waals surface area contributed by atoms with Crippen molar-refractivity contribution in [2.24, 2.45) is 0 Å². The molecule has 3 nitrogen and oxygen atoms in total. The highest BCUT2D eigenvalue weighted by Crippen LogP contribution is 2.19. The zero-order valence-corrected chi connectivity index (χ0v) is 7.75. The first-order chi connectivity index (χ1) is 5.77. The van der Waals surface area contributed by atoms with Gasteiger partial charge < -0.3 is 5.73 Å². The Balaban J connectivity index is 2.86. The number of anilines is 1. The number of rotatable bonds is 0. The van der Waals surface area contributed by atoms with Gasteiger partial charge in [0.2, 0.25) is 0 Å². The summed E-state index contributed by atoms with van der Waals surface area (Å²) >= 11 is 3.28. The second-order valence-electron chi connectivity index (χ2n) is 2.42. The number of fused-ring (bicyclic) bond motifs is 1. The van der Waals surface area contributed by atoms with Gasteiger partial charge in [-0.25, -0.2) is 9.97 Å². The molecule has 0 atom stereocenters. The van der Waals surface area contributed by atoms with Crippen molar-refractivity contribution < 1.29 is 0 Å². The lowest BCUT2D eigenvalue weighted by molar-refractivity contribution is 1.29. The van der Waals surface area contributed by atoms with E-state index in [1.807, 2.05) is 12.1 Å². The average molecular weight is 224 g/mol. The van der Waals surface area contributed by atoms with E-state index in [0.29, 0.717) is 5.82 Å². The SMILES string of the molecule is Nc1nccc2cc(Br)ncc12. The third-order valence-corrected chi connectivity index (χ3v) is 2.08. The number of aromatic nitrogens is 2. The average Bonchev–Trinajstić information content (AvgIpc) is 2.04. The molecule has 0 aliphatic carbocycles. The standard InChI is InChI=1S/C8H6BrN3/c9-7-3-5-1-2-11-8(10)6(5)4-12-7/h1-4H,(H2,10,11). The maximum atomic E-state index is 5.64. The van der Waals surface area contributed by atoms with Crippen molar-refractivity contribution in [2.45, 2.75) is 0 Å². The summed E-state index contributed by atoms with van der Waals surface area (Å²) in [5.41, 5.74) is 5.64. The van der Waals surface area contributed by atoms with Gasteiger partial charge in [-0.1, -0.05) is 0 Å². The fourth-order valence-corrected chi connectivity index (χ4v) is 1.41. The van der Waals surface area contributed by atoms with E-state index in [9.17, 15) is 0 Å². The van der Waals surface area contributed by atoms with E-state index in [0.717, 1.165) is 15.4 Å². The Labute approximate surface area is 77.8 Å². The smallest absolute Gasteiger partial charge is 0.132 e. The van der Waals surface area contributed by atoms with Crippen LogP contribution in [-0.4, -0.2) is 9.97 Å². The highest BCUT2D eigenvalue weighted by atomic mass is 79.9. The fourth-order valence-electron chi connectivity index (χ4n) is 1.06. The number of pyridine rings is 2. The number of nitrogen functional groups attached to an aromatic ring is 1. The largest absolute Gasteiger partial charge is 0.383 e. The Hall–Kier alpha value is -1.16. The van der Waals surface area contributed by atoms with Crippen LogP contribution < -0.4 is 5.73 Å². The minimum absolute atomic E-state index is 0.521. The molecular weight excluding hydrogens is 218 g/mol. The van der Waals surface area contributed by atoms with Gasteiger partial charge in [-0.05, 0) is 33.4 Å². The first-order valence-corrected chi connectivity index (χ1v) is 4.22. The Morgan fingerprint density at radius 2 is 2.17 bits per heavy atom. The summed E-state index contributed by atoms with van der Waals surface area (Å²) in [6.45, 7) is 0. The number of hydrogen-bond donors (Lipinski definition) is 1. The highest BCUT2D eigenvalue weighted by Gasteiger charge is 1.98. The van der Waals surface area contributed by atoms with Gasteiger partial charge in [0.05, 0.1) is 0 Å². The van der Waals surface area contributed by atoms with E-state index < -0.39 is 0 Å². The second-order valence-corrected chi connectivity index (χ2v) is 3.24. The van der Waals surface area contributed by atoms with Crippen LogP contribution in [0, 0.1) is 0 Å². The number of hydrogen-bond acceptors (Lipinski definition) is 3. The summed E-state index contributed by atoms with van der Waals surface area (Å²) in [4.78, 5) is 8.02. The Bertz CT molecular complexity index is 428. The van der Waals surface area contributed by atoms with Crippen molar-refractivity contribution in [2.75, 3.05) is 5.73 Å². The maximum absolute atomic E-state index is 5.64. The summed E-state index contributed by atoms with van der Waals surface area (Å²) in [5, 5.41) is 1.94. The zero-order chi connectivity index (χ0) is 8.55. The molecule has 2 rings (SSSR count). The van der Waals surface area contributed by atoms with Crippen LogP contribution >= 0.6 is 15.9 Å². The first kappa shape index (κ1) is 7.49. The summed E-state index contributed by atoms with van der Waals surface area (Å²) < 4.78 is 0.806. The first-order valence-electron chi connectivity index (χ1n) is 3.43. The minimum Gasteiger partial charge on any atom is -0.383 e. The molecule has 60 valence electrons. The molecule has 12 heavy (non-hydrogen) atoms. The predicted molar refractivity (Wildman–Crippen MR) is 51.7 cm³/mol. The molecule has 2 aromatic rings. The van der Waals surface area contributed by atoms with Gasteiger partial charge in [-0.3, -0.25) is 0 Å². The molecule has 0 aliphatic heterocycles. The summed E-state index contributed by atoms with van der Waals surface area (Å²) in [6.07, 6.45) is 3.39. The molecule has 0 saturated carbocycles. The number of halogens is 1. The quantitative estimate of drug-likeness (QED) is 0.696. The van der Waals surface area contributed by atoms with E-state index in [-0.39, 0.29) is 0 Å². The van der Waals surface area contributed by atoms with E-state index in [4.69, 9.17) is 5.73 Å². The molecule has 0 unspecified atom stereocenters. The summed E-state index contributed by atoms with van der Waals surface area (Å²) in [5.74, 6) is 0.521. The van der Waals surface area contributed by atoms with Gasteiger partial charge in [-0.2, -0.15) is 0 Å². The van der Waals surface area contributed by atoms with Crippen molar-refractivity contribution in [3.8, 4) is 0 Å². The molecule has 2 heterocycles. The van der Waals surface area contributed by atoms with E-state index in [1.165, 1.54) is 0 Å². The van der Waals surface area contributed by atoms with Crippen molar-refractivity contribution in [1.29, 1.82) is 0 Å².